The van der Waals surface area contributed by atoms with E-state index in [-0.39, 0.29) is 5.78 Å². The molecule has 3 rings (SSSR count). The van der Waals surface area contributed by atoms with Gasteiger partial charge < -0.3 is 4.74 Å². The first-order valence-corrected chi connectivity index (χ1v) is 6.08. The number of benzene rings is 2. The van der Waals surface area contributed by atoms with Crippen molar-refractivity contribution >= 4 is 23.1 Å². The summed E-state index contributed by atoms with van der Waals surface area (Å²) in [5.41, 5.74) is 1.47. The SMILES string of the molecule is O=C1c2ccccc2OC(=S)C1c1ccccc1. The lowest BCUT2D eigenvalue weighted by atomic mass is 9.89. The van der Waals surface area contributed by atoms with Crippen LogP contribution in [0.4, 0.5) is 0 Å². The lowest BCUT2D eigenvalue weighted by Gasteiger charge is -2.24. The van der Waals surface area contributed by atoms with Gasteiger partial charge in [0.1, 0.15) is 11.7 Å². The van der Waals surface area contributed by atoms with Crippen LogP contribution >= 0.6 is 12.2 Å². The molecule has 88 valence electrons. The number of hydrogen-bond acceptors (Lipinski definition) is 3. The van der Waals surface area contributed by atoms with Crippen LogP contribution in [0.3, 0.4) is 0 Å². The predicted octanol–water partition coefficient (Wildman–Crippen LogP) is 3.37. The van der Waals surface area contributed by atoms with Crippen LogP contribution in [0.5, 0.6) is 5.75 Å². The van der Waals surface area contributed by atoms with E-state index in [2.05, 4.69) is 0 Å². The van der Waals surface area contributed by atoms with Crippen molar-refractivity contribution in [1.82, 2.24) is 0 Å². The Bertz CT molecular complexity index is 619. The Hall–Kier alpha value is -2.00. The highest BCUT2D eigenvalue weighted by Crippen LogP contribution is 2.33. The standard InChI is InChI=1S/C15H10O2S/c16-14-11-8-4-5-9-12(11)17-15(18)13(14)10-6-2-1-3-7-10/h1-9,13H. The van der Waals surface area contributed by atoms with Crippen LogP contribution in [0, 0.1) is 0 Å². The van der Waals surface area contributed by atoms with E-state index < -0.39 is 5.92 Å². The van der Waals surface area contributed by atoms with Gasteiger partial charge in [-0.25, -0.2) is 0 Å². The number of rotatable bonds is 1. The predicted molar refractivity (Wildman–Crippen MR) is 73.2 cm³/mol. The first kappa shape index (κ1) is 11.1. The minimum Gasteiger partial charge on any atom is -0.448 e. The van der Waals surface area contributed by atoms with Crippen molar-refractivity contribution in [2.24, 2.45) is 0 Å². The molecule has 0 spiro atoms. The Labute approximate surface area is 110 Å². The van der Waals surface area contributed by atoms with Gasteiger partial charge in [-0.2, -0.15) is 0 Å². The topological polar surface area (TPSA) is 26.3 Å². The molecule has 2 aromatic rings. The molecule has 0 radical (unpaired) electrons. The van der Waals surface area contributed by atoms with E-state index >= 15 is 0 Å². The molecule has 0 aliphatic carbocycles. The van der Waals surface area contributed by atoms with E-state index in [9.17, 15) is 4.79 Å². The van der Waals surface area contributed by atoms with E-state index in [1.165, 1.54) is 0 Å². The Morgan fingerprint density at radius 1 is 0.944 bits per heavy atom. The fourth-order valence-electron chi connectivity index (χ4n) is 2.12. The number of carbonyl (C=O) groups excluding carboxylic acids is 1. The van der Waals surface area contributed by atoms with E-state index in [0.717, 1.165) is 5.56 Å². The van der Waals surface area contributed by atoms with E-state index in [0.29, 0.717) is 16.4 Å². The maximum atomic E-state index is 12.5. The summed E-state index contributed by atoms with van der Waals surface area (Å²) >= 11 is 5.22. The van der Waals surface area contributed by atoms with Crippen molar-refractivity contribution < 1.29 is 9.53 Å². The van der Waals surface area contributed by atoms with Crippen LogP contribution in [0.25, 0.3) is 0 Å². The molecule has 0 saturated heterocycles. The highest BCUT2D eigenvalue weighted by atomic mass is 32.1. The molecule has 0 amide bonds. The van der Waals surface area contributed by atoms with Crippen molar-refractivity contribution in [2.45, 2.75) is 5.92 Å². The van der Waals surface area contributed by atoms with Gasteiger partial charge in [-0.05, 0) is 29.9 Å². The zero-order valence-electron chi connectivity index (χ0n) is 9.50. The van der Waals surface area contributed by atoms with Gasteiger partial charge in [-0.15, -0.1) is 0 Å². The molecule has 0 fully saturated rings. The second-order valence-electron chi connectivity index (χ2n) is 4.13. The minimum absolute atomic E-state index is 0.00745. The van der Waals surface area contributed by atoms with Gasteiger partial charge in [-0.1, -0.05) is 42.5 Å². The molecule has 0 saturated carbocycles. The Morgan fingerprint density at radius 2 is 1.61 bits per heavy atom. The molecule has 1 atom stereocenters. The minimum atomic E-state index is -0.476. The molecule has 1 heterocycles. The lowest BCUT2D eigenvalue weighted by Crippen LogP contribution is -2.30. The molecule has 2 nitrogen and oxygen atoms in total. The first-order chi connectivity index (χ1) is 8.77. The van der Waals surface area contributed by atoms with Gasteiger partial charge in [0.15, 0.2) is 10.8 Å². The van der Waals surface area contributed by atoms with Crippen molar-refractivity contribution in [2.75, 3.05) is 0 Å². The number of para-hydroxylation sites is 1. The van der Waals surface area contributed by atoms with Crippen molar-refractivity contribution in [3.8, 4) is 5.75 Å². The molecule has 1 aliphatic rings. The number of ether oxygens (including phenoxy) is 1. The van der Waals surface area contributed by atoms with Crippen LogP contribution in [0.15, 0.2) is 54.6 Å². The van der Waals surface area contributed by atoms with Crippen LogP contribution in [-0.2, 0) is 0 Å². The average molecular weight is 254 g/mol. The number of ketones is 1. The lowest BCUT2D eigenvalue weighted by molar-refractivity contribution is 0.0968. The second kappa shape index (κ2) is 4.35. The summed E-state index contributed by atoms with van der Waals surface area (Å²) in [6, 6.07) is 16.7. The molecular formula is C15H10O2S. The van der Waals surface area contributed by atoms with Crippen molar-refractivity contribution in [3.05, 3.63) is 65.7 Å². The smallest absolute Gasteiger partial charge is 0.182 e. The zero-order chi connectivity index (χ0) is 12.5. The summed E-state index contributed by atoms with van der Waals surface area (Å²) in [6.45, 7) is 0. The summed E-state index contributed by atoms with van der Waals surface area (Å²) < 4.78 is 5.58. The maximum absolute atomic E-state index is 12.5. The number of Topliss-reactive ketones (excluding diaryl/α,β-unsaturated/α-hetero) is 1. The maximum Gasteiger partial charge on any atom is 0.182 e. The fourth-order valence-corrected chi connectivity index (χ4v) is 2.45. The van der Waals surface area contributed by atoms with E-state index in [4.69, 9.17) is 17.0 Å². The molecule has 0 N–H and O–H groups in total. The Kier molecular flexibility index (Phi) is 2.68. The van der Waals surface area contributed by atoms with Crippen LogP contribution < -0.4 is 4.74 Å². The summed E-state index contributed by atoms with van der Waals surface area (Å²) in [5, 5.41) is 0.324. The zero-order valence-corrected chi connectivity index (χ0v) is 10.3. The van der Waals surface area contributed by atoms with Crippen molar-refractivity contribution in [1.29, 1.82) is 0 Å². The third-order valence-electron chi connectivity index (χ3n) is 2.99. The summed E-state index contributed by atoms with van der Waals surface area (Å²) in [4.78, 5) is 12.5. The molecule has 2 aromatic carbocycles. The van der Waals surface area contributed by atoms with Crippen LogP contribution in [0.2, 0.25) is 0 Å². The fraction of sp³-hybridized carbons (Fsp3) is 0.0667. The summed E-state index contributed by atoms with van der Waals surface area (Å²) in [5.74, 6) is 0.0869. The molecule has 0 aromatic heterocycles. The van der Waals surface area contributed by atoms with Crippen LogP contribution in [0.1, 0.15) is 21.8 Å². The van der Waals surface area contributed by atoms with Gasteiger partial charge in [0.25, 0.3) is 0 Å². The van der Waals surface area contributed by atoms with Gasteiger partial charge in [0.2, 0.25) is 0 Å². The number of carbonyl (C=O) groups is 1. The molecular weight excluding hydrogens is 244 g/mol. The molecule has 18 heavy (non-hydrogen) atoms. The molecule has 1 unspecified atom stereocenters. The Balaban J connectivity index is 2.09. The van der Waals surface area contributed by atoms with Gasteiger partial charge in [0.05, 0.1) is 5.56 Å². The molecule has 1 aliphatic heterocycles. The molecule has 3 heteroatoms. The number of thiocarbonyl (C=S) groups is 1. The largest absolute Gasteiger partial charge is 0.448 e. The highest BCUT2D eigenvalue weighted by molar-refractivity contribution is 7.80. The Morgan fingerprint density at radius 3 is 2.39 bits per heavy atom. The van der Waals surface area contributed by atoms with Crippen LogP contribution in [-0.4, -0.2) is 10.8 Å². The second-order valence-corrected chi connectivity index (χ2v) is 4.53. The number of fused-ring (bicyclic) bond motifs is 1. The van der Waals surface area contributed by atoms with Gasteiger partial charge in [-0.3, -0.25) is 4.79 Å². The summed E-state index contributed by atoms with van der Waals surface area (Å²) in [7, 11) is 0. The van der Waals surface area contributed by atoms with Gasteiger partial charge in [0, 0.05) is 0 Å². The third kappa shape index (κ3) is 1.73. The van der Waals surface area contributed by atoms with Crippen molar-refractivity contribution in [3.63, 3.8) is 0 Å². The number of hydrogen-bond donors (Lipinski definition) is 0. The summed E-state index contributed by atoms with van der Waals surface area (Å²) in [6.07, 6.45) is 0. The van der Waals surface area contributed by atoms with E-state index in [1.807, 2.05) is 42.5 Å². The average Bonchev–Trinajstić information content (AvgIpc) is 2.40. The molecule has 0 bridgehead atoms. The normalized spacial score (nSPS) is 18.1. The quantitative estimate of drug-likeness (QED) is 0.730. The third-order valence-corrected chi connectivity index (χ3v) is 3.31. The van der Waals surface area contributed by atoms with E-state index in [1.54, 1.807) is 12.1 Å². The monoisotopic (exact) mass is 254 g/mol. The van der Waals surface area contributed by atoms with Gasteiger partial charge >= 0.3 is 0 Å². The highest BCUT2D eigenvalue weighted by Gasteiger charge is 2.34. The first-order valence-electron chi connectivity index (χ1n) is 5.67.